The molecule has 0 aromatic heterocycles. The van der Waals surface area contributed by atoms with Crippen molar-refractivity contribution in [2.75, 3.05) is 6.54 Å². The SMILES string of the molecule is Cc1ccc(C(=O)C2(CN)CCCC2)cc1. The molecule has 0 bridgehead atoms. The van der Waals surface area contributed by atoms with Gasteiger partial charge in [0.15, 0.2) is 5.78 Å². The van der Waals surface area contributed by atoms with Gasteiger partial charge in [0, 0.05) is 17.5 Å². The molecule has 2 nitrogen and oxygen atoms in total. The Morgan fingerprint density at radius 1 is 1.25 bits per heavy atom. The van der Waals surface area contributed by atoms with Crippen molar-refractivity contribution in [1.29, 1.82) is 0 Å². The number of nitrogens with two attached hydrogens (primary N) is 1. The van der Waals surface area contributed by atoms with Crippen LogP contribution in [0.3, 0.4) is 0 Å². The highest BCUT2D eigenvalue weighted by Crippen LogP contribution is 2.39. The zero-order valence-electron chi connectivity index (χ0n) is 9.83. The van der Waals surface area contributed by atoms with Gasteiger partial charge in [0.25, 0.3) is 0 Å². The van der Waals surface area contributed by atoms with Gasteiger partial charge in [-0.2, -0.15) is 0 Å². The second-order valence-corrected chi connectivity index (χ2v) is 4.89. The number of hydrogen-bond acceptors (Lipinski definition) is 2. The molecule has 0 unspecified atom stereocenters. The lowest BCUT2D eigenvalue weighted by atomic mass is 9.79. The summed E-state index contributed by atoms with van der Waals surface area (Å²) in [6.07, 6.45) is 4.18. The van der Waals surface area contributed by atoms with Crippen LogP contribution in [0.1, 0.15) is 41.6 Å². The molecule has 1 aromatic carbocycles. The summed E-state index contributed by atoms with van der Waals surface area (Å²) in [4.78, 5) is 12.4. The van der Waals surface area contributed by atoms with E-state index in [1.54, 1.807) is 0 Å². The van der Waals surface area contributed by atoms with Crippen LogP contribution in [0.5, 0.6) is 0 Å². The molecule has 0 spiro atoms. The third kappa shape index (κ3) is 1.90. The summed E-state index contributed by atoms with van der Waals surface area (Å²) in [5, 5.41) is 0. The smallest absolute Gasteiger partial charge is 0.170 e. The normalized spacial score (nSPS) is 18.6. The predicted molar refractivity (Wildman–Crippen MR) is 65.5 cm³/mol. The van der Waals surface area contributed by atoms with Gasteiger partial charge in [0.05, 0.1) is 0 Å². The topological polar surface area (TPSA) is 43.1 Å². The van der Waals surface area contributed by atoms with Gasteiger partial charge in [0.2, 0.25) is 0 Å². The molecule has 0 radical (unpaired) electrons. The average molecular weight is 217 g/mol. The monoisotopic (exact) mass is 217 g/mol. The Kier molecular flexibility index (Phi) is 3.10. The number of carbonyl (C=O) groups excluding carboxylic acids is 1. The van der Waals surface area contributed by atoms with E-state index in [9.17, 15) is 4.79 Å². The molecule has 1 aromatic rings. The molecular formula is C14H19NO. The molecule has 86 valence electrons. The number of benzene rings is 1. The molecule has 1 aliphatic carbocycles. The Morgan fingerprint density at radius 2 is 1.81 bits per heavy atom. The Balaban J connectivity index is 2.26. The molecule has 2 heteroatoms. The van der Waals surface area contributed by atoms with E-state index >= 15 is 0 Å². The van der Waals surface area contributed by atoms with E-state index in [2.05, 4.69) is 0 Å². The lowest BCUT2D eigenvalue weighted by Gasteiger charge is -2.25. The van der Waals surface area contributed by atoms with Crippen molar-refractivity contribution in [2.24, 2.45) is 11.1 Å². The van der Waals surface area contributed by atoms with Crippen molar-refractivity contribution in [2.45, 2.75) is 32.6 Å². The van der Waals surface area contributed by atoms with Crippen molar-refractivity contribution in [3.05, 3.63) is 35.4 Å². The Hall–Kier alpha value is -1.15. The molecule has 0 atom stereocenters. The molecule has 2 rings (SSSR count). The van der Waals surface area contributed by atoms with Crippen LogP contribution in [-0.2, 0) is 0 Å². The molecule has 0 heterocycles. The van der Waals surface area contributed by atoms with Gasteiger partial charge >= 0.3 is 0 Å². The van der Waals surface area contributed by atoms with E-state index in [0.29, 0.717) is 6.54 Å². The van der Waals surface area contributed by atoms with Crippen LogP contribution in [-0.4, -0.2) is 12.3 Å². The third-order valence-electron chi connectivity index (χ3n) is 3.75. The second kappa shape index (κ2) is 4.38. The fourth-order valence-corrected chi connectivity index (χ4v) is 2.59. The highest BCUT2D eigenvalue weighted by Gasteiger charge is 2.39. The lowest BCUT2D eigenvalue weighted by Crippen LogP contribution is -2.36. The van der Waals surface area contributed by atoms with Crippen molar-refractivity contribution in [3.8, 4) is 0 Å². The van der Waals surface area contributed by atoms with Crippen molar-refractivity contribution < 1.29 is 4.79 Å². The van der Waals surface area contributed by atoms with Gasteiger partial charge in [-0.3, -0.25) is 4.79 Å². The van der Waals surface area contributed by atoms with Crippen LogP contribution in [0.2, 0.25) is 0 Å². The van der Waals surface area contributed by atoms with E-state index in [1.807, 2.05) is 31.2 Å². The number of rotatable bonds is 3. The fraction of sp³-hybridized carbons (Fsp3) is 0.500. The maximum atomic E-state index is 12.4. The van der Waals surface area contributed by atoms with E-state index in [-0.39, 0.29) is 11.2 Å². The second-order valence-electron chi connectivity index (χ2n) is 4.89. The summed E-state index contributed by atoms with van der Waals surface area (Å²) < 4.78 is 0. The molecule has 2 N–H and O–H groups in total. The minimum atomic E-state index is -0.269. The summed E-state index contributed by atoms with van der Waals surface area (Å²) in [5.74, 6) is 0.243. The quantitative estimate of drug-likeness (QED) is 0.791. The standard InChI is InChI=1S/C14H19NO/c1-11-4-6-12(7-5-11)13(16)14(10-15)8-2-3-9-14/h4-7H,2-3,8-10,15H2,1H3. The van der Waals surface area contributed by atoms with E-state index in [4.69, 9.17) is 5.73 Å². The summed E-state index contributed by atoms with van der Waals surface area (Å²) in [6, 6.07) is 7.83. The summed E-state index contributed by atoms with van der Waals surface area (Å²) in [7, 11) is 0. The first-order valence-corrected chi connectivity index (χ1v) is 5.99. The highest BCUT2D eigenvalue weighted by molar-refractivity contribution is 6.00. The molecule has 1 saturated carbocycles. The summed E-state index contributed by atoms with van der Waals surface area (Å²) >= 11 is 0. The molecule has 0 amide bonds. The minimum absolute atomic E-state index is 0.243. The van der Waals surface area contributed by atoms with E-state index in [0.717, 1.165) is 31.2 Å². The summed E-state index contributed by atoms with van der Waals surface area (Å²) in [5.41, 5.74) is 7.55. The van der Waals surface area contributed by atoms with Gasteiger partial charge in [0.1, 0.15) is 0 Å². The van der Waals surface area contributed by atoms with Crippen LogP contribution < -0.4 is 5.73 Å². The van der Waals surface area contributed by atoms with Crippen LogP contribution in [0.25, 0.3) is 0 Å². The van der Waals surface area contributed by atoms with Crippen molar-refractivity contribution in [1.82, 2.24) is 0 Å². The van der Waals surface area contributed by atoms with Gasteiger partial charge in [-0.25, -0.2) is 0 Å². The molecule has 1 fully saturated rings. The van der Waals surface area contributed by atoms with Gasteiger partial charge in [-0.05, 0) is 19.8 Å². The van der Waals surface area contributed by atoms with Crippen molar-refractivity contribution in [3.63, 3.8) is 0 Å². The molecular weight excluding hydrogens is 198 g/mol. The summed E-state index contributed by atoms with van der Waals surface area (Å²) in [6.45, 7) is 2.52. The van der Waals surface area contributed by atoms with Crippen LogP contribution >= 0.6 is 0 Å². The first-order valence-electron chi connectivity index (χ1n) is 5.99. The van der Waals surface area contributed by atoms with Crippen LogP contribution in [0.15, 0.2) is 24.3 Å². The molecule has 16 heavy (non-hydrogen) atoms. The van der Waals surface area contributed by atoms with Gasteiger partial charge < -0.3 is 5.73 Å². The number of aryl methyl sites for hydroxylation is 1. The average Bonchev–Trinajstić information content (AvgIpc) is 2.79. The zero-order valence-corrected chi connectivity index (χ0v) is 9.83. The van der Waals surface area contributed by atoms with Crippen molar-refractivity contribution >= 4 is 5.78 Å². The lowest BCUT2D eigenvalue weighted by molar-refractivity contribution is 0.0810. The maximum absolute atomic E-state index is 12.4. The third-order valence-corrected chi connectivity index (χ3v) is 3.75. The highest BCUT2D eigenvalue weighted by atomic mass is 16.1. The van der Waals surface area contributed by atoms with E-state index in [1.165, 1.54) is 5.56 Å². The number of Topliss-reactive ketones (excluding diaryl/α,β-unsaturated/α-hetero) is 1. The molecule has 1 aliphatic rings. The maximum Gasteiger partial charge on any atom is 0.170 e. The number of carbonyl (C=O) groups is 1. The van der Waals surface area contributed by atoms with Crippen LogP contribution in [0.4, 0.5) is 0 Å². The Morgan fingerprint density at radius 3 is 2.31 bits per heavy atom. The Labute approximate surface area is 96.8 Å². The van der Waals surface area contributed by atoms with Crippen LogP contribution in [0, 0.1) is 12.3 Å². The fourth-order valence-electron chi connectivity index (χ4n) is 2.59. The van der Waals surface area contributed by atoms with E-state index < -0.39 is 0 Å². The van der Waals surface area contributed by atoms with Gasteiger partial charge in [-0.15, -0.1) is 0 Å². The Bertz CT molecular complexity index is 374. The molecule has 0 aliphatic heterocycles. The first-order chi connectivity index (χ1) is 7.68. The first kappa shape index (κ1) is 11.3. The van der Waals surface area contributed by atoms with Gasteiger partial charge in [-0.1, -0.05) is 42.7 Å². The number of hydrogen-bond donors (Lipinski definition) is 1. The largest absolute Gasteiger partial charge is 0.329 e. The number of ketones is 1. The zero-order chi connectivity index (χ0) is 11.6. The predicted octanol–water partition coefficient (Wildman–Crippen LogP) is 2.70. The minimum Gasteiger partial charge on any atom is -0.329 e. The molecule has 0 saturated heterocycles.